The van der Waals surface area contributed by atoms with Crippen molar-refractivity contribution in [3.63, 3.8) is 0 Å². The van der Waals surface area contributed by atoms with Crippen LogP contribution in [0.2, 0.25) is 0 Å². The van der Waals surface area contributed by atoms with E-state index in [1.807, 2.05) is 13.0 Å². The third kappa shape index (κ3) is 3.64. The van der Waals surface area contributed by atoms with Crippen molar-refractivity contribution in [1.29, 1.82) is 0 Å². The van der Waals surface area contributed by atoms with Crippen molar-refractivity contribution in [2.24, 2.45) is 0 Å². The zero-order chi connectivity index (χ0) is 15.6. The van der Waals surface area contributed by atoms with Crippen molar-refractivity contribution in [3.8, 4) is 0 Å². The highest BCUT2D eigenvalue weighted by atomic mass is 79.9. The molecular weight excluding hydrogens is 354 g/mol. The first-order valence-corrected chi connectivity index (χ1v) is 8.60. The van der Waals surface area contributed by atoms with E-state index in [4.69, 9.17) is 0 Å². The summed E-state index contributed by atoms with van der Waals surface area (Å²) in [5, 5.41) is 9.25. The fraction of sp³-hybridized carbons (Fsp3) is 0.200. The van der Waals surface area contributed by atoms with Crippen LogP contribution in [0.3, 0.4) is 0 Å². The Balaban J connectivity index is 2.43. The monoisotopic (exact) mass is 369 g/mol. The highest BCUT2D eigenvalue weighted by Gasteiger charge is 2.18. The van der Waals surface area contributed by atoms with Crippen molar-refractivity contribution in [1.82, 2.24) is 0 Å². The molecule has 0 atom stereocenters. The van der Waals surface area contributed by atoms with Gasteiger partial charge in [-0.15, -0.1) is 0 Å². The molecule has 0 aliphatic carbocycles. The Morgan fingerprint density at radius 3 is 2.52 bits per heavy atom. The normalized spacial score (nSPS) is 11.4. The van der Waals surface area contributed by atoms with E-state index in [9.17, 15) is 13.5 Å². The average Bonchev–Trinajstić information content (AvgIpc) is 2.36. The zero-order valence-electron chi connectivity index (χ0n) is 11.7. The zero-order valence-corrected chi connectivity index (χ0v) is 14.1. The summed E-state index contributed by atoms with van der Waals surface area (Å²) in [6.45, 7) is 3.39. The van der Waals surface area contributed by atoms with Gasteiger partial charge in [-0.2, -0.15) is 0 Å². The molecule has 21 heavy (non-hydrogen) atoms. The lowest BCUT2D eigenvalue weighted by molar-refractivity contribution is 0.280. The van der Waals surface area contributed by atoms with Crippen LogP contribution in [0.15, 0.2) is 45.8 Å². The first kappa shape index (κ1) is 16.0. The van der Waals surface area contributed by atoms with Gasteiger partial charge in [-0.3, -0.25) is 4.72 Å². The summed E-state index contributed by atoms with van der Waals surface area (Å²) in [6.07, 6.45) is 0. The Bertz CT molecular complexity index is 752. The molecule has 0 heterocycles. The van der Waals surface area contributed by atoms with Gasteiger partial charge in [-0.1, -0.05) is 28.1 Å². The van der Waals surface area contributed by atoms with Crippen molar-refractivity contribution in [2.75, 3.05) is 4.72 Å². The van der Waals surface area contributed by atoms with Crippen LogP contribution in [-0.4, -0.2) is 13.5 Å². The molecular formula is C15H16BrNO3S. The van der Waals surface area contributed by atoms with Gasteiger partial charge in [0.1, 0.15) is 0 Å². The molecule has 0 aromatic heterocycles. The van der Waals surface area contributed by atoms with Crippen LogP contribution >= 0.6 is 15.9 Å². The van der Waals surface area contributed by atoms with E-state index in [0.717, 1.165) is 10.0 Å². The predicted octanol–water partition coefficient (Wildman–Crippen LogP) is 3.36. The van der Waals surface area contributed by atoms with Crippen LogP contribution in [0.5, 0.6) is 0 Å². The standard InChI is InChI=1S/C15H16BrNO3S/c1-10-6-13(16)8-14(7-10)17-21(19,20)15-5-3-4-12(9-18)11(15)2/h3-8,17-18H,9H2,1-2H3. The smallest absolute Gasteiger partial charge is 0.262 e. The Labute approximate surface area is 133 Å². The minimum Gasteiger partial charge on any atom is -0.392 e. The number of nitrogens with one attached hydrogen (secondary N) is 1. The predicted molar refractivity (Wildman–Crippen MR) is 86.8 cm³/mol. The number of halogens is 1. The first-order chi connectivity index (χ1) is 9.83. The van der Waals surface area contributed by atoms with Crippen LogP contribution in [0, 0.1) is 13.8 Å². The second kappa shape index (κ2) is 6.17. The van der Waals surface area contributed by atoms with E-state index < -0.39 is 10.0 Å². The Kier molecular flexibility index (Phi) is 4.70. The van der Waals surface area contributed by atoms with Crippen molar-refractivity contribution >= 4 is 31.6 Å². The summed E-state index contributed by atoms with van der Waals surface area (Å²) >= 11 is 3.35. The Morgan fingerprint density at radius 1 is 1.19 bits per heavy atom. The van der Waals surface area contributed by atoms with Crippen LogP contribution in [0.25, 0.3) is 0 Å². The van der Waals surface area contributed by atoms with E-state index in [1.54, 1.807) is 31.2 Å². The fourth-order valence-electron chi connectivity index (χ4n) is 2.13. The molecule has 4 nitrogen and oxygen atoms in total. The molecule has 0 aliphatic rings. The van der Waals surface area contributed by atoms with Crippen molar-refractivity contribution in [3.05, 3.63) is 57.6 Å². The minimum absolute atomic E-state index is 0.173. The van der Waals surface area contributed by atoms with Gasteiger partial charge in [0, 0.05) is 4.47 Å². The molecule has 112 valence electrons. The van der Waals surface area contributed by atoms with Crippen LogP contribution in [0.4, 0.5) is 5.69 Å². The molecule has 0 spiro atoms. The van der Waals surface area contributed by atoms with Crippen molar-refractivity contribution in [2.45, 2.75) is 25.3 Å². The molecule has 6 heteroatoms. The Hall–Kier alpha value is -1.37. The number of hydrogen-bond donors (Lipinski definition) is 2. The molecule has 0 radical (unpaired) electrons. The summed E-state index contributed by atoms with van der Waals surface area (Å²) in [5.41, 5.74) is 2.60. The number of aryl methyl sites for hydroxylation is 1. The molecule has 2 aromatic carbocycles. The van der Waals surface area contributed by atoms with Crippen molar-refractivity contribution < 1.29 is 13.5 Å². The first-order valence-electron chi connectivity index (χ1n) is 6.33. The maximum atomic E-state index is 12.5. The number of benzene rings is 2. The lowest BCUT2D eigenvalue weighted by Gasteiger charge is -2.13. The van der Waals surface area contributed by atoms with Gasteiger partial charge in [0.15, 0.2) is 0 Å². The van der Waals surface area contributed by atoms with Gasteiger partial charge in [-0.05, 0) is 54.8 Å². The van der Waals surface area contributed by atoms with E-state index in [1.165, 1.54) is 6.07 Å². The Morgan fingerprint density at radius 2 is 1.90 bits per heavy atom. The summed E-state index contributed by atoms with van der Waals surface area (Å²) < 4.78 is 28.4. The lowest BCUT2D eigenvalue weighted by atomic mass is 10.1. The SMILES string of the molecule is Cc1cc(Br)cc(NS(=O)(=O)c2cccc(CO)c2C)c1. The van der Waals surface area contributed by atoms with Gasteiger partial charge in [0.05, 0.1) is 17.2 Å². The summed E-state index contributed by atoms with van der Waals surface area (Å²) in [4.78, 5) is 0.173. The summed E-state index contributed by atoms with van der Waals surface area (Å²) in [6, 6.07) is 10.2. The number of anilines is 1. The van der Waals surface area contributed by atoms with Gasteiger partial charge >= 0.3 is 0 Å². The highest BCUT2D eigenvalue weighted by molar-refractivity contribution is 9.10. The topological polar surface area (TPSA) is 66.4 Å². The van der Waals surface area contributed by atoms with E-state index >= 15 is 0 Å². The van der Waals surface area contributed by atoms with Gasteiger partial charge in [0.25, 0.3) is 10.0 Å². The largest absolute Gasteiger partial charge is 0.392 e. The molecule has 2 rings (SSSR count). The summed E-state index contributed by atoms with van der Waals surface area (Å²) in [5.74, 6) is 0. The molecule has 0 aliphatic heterocycles. The lowest BCUT2D eigenvalue weighted by Crippen LogP contribution is -2.15. The summed E-state index contributed by atoms with van der Waals surface area (Å²) in [7, 11) is -3.69. The molecule has 0 saturated carbocycles. The maximum absolute atomic E-state index is 12.5. The molecule has 0 amide bonds. The molecule has 0 bridgehead atoms. The quantitative estimate of drug-likeness (QED) is 0.867. The third-order valence-corrected chi connectivity index (χ3v) is 5.13. The molecule has 2 N–H and O–H groups in total. The van der Waals surface area contributed by atoms with Gasteiger partial charge in [0.2, 0.25) is 0 Å². The molecule has 0 fully saturated rings. The second-order valence-corrected chi connectivity index (χ2v) is 7.39. The van der Waals surface area contributed by atoms with E-state index in [0.29, 0.717) is 16.8 Å². The number of rotatable bonds is 4. The number of sulfonamides is 1. The third-order valence-electron chi connectivity index (χ3n) is 3.15. The van der Waals surface area contributed by atoms with E-state index in [2.05, 4.69) is 20.7 Å². The number of hydrogen-bond acceptors (Lipinski definition) is 3. The minimum atomic E-state index is -3.69. The maximum Gasteiger partial charge on any atom is 0.262 e. The van der Waals surface area contributed by atoms with Gasteiger partial charge in [-0.25, -0.2) is 8.42 Å². The van der Waals surface area contributed by atoms with Crippen LogP contribution in [0.1, 0.15) is 16.7 Å². The fourth-order valence-corrected chi connectivity index (χ4v) is 4.07. The molecule has 0 unspecified atom stereocenters. The number of aliphatic hydroxyl groups is 1. The second-order valence-electron chi connectivity index (χ2n) is 4.82. The highest BCUT2D eigenvalue weighted by Crippen LogP contribution is 2.24. The van der Waals surface area contributed by atoms with E-state index in [-0.39, 0.29) is 11.5 Å². The van der Waals surface area contributed by atoms with Gasteiger partial charge < -0.3 is 5.11 Å². The molecule has 2 aromatic rings. The molecule has 0 saturated heterocycles. The van der Waals surface area contributed by atoms with Crippen LogP contribution in [-0.2, 0) is 16.6 Å². The van der Waals surface area contributed by atoms with Crippen LogP contribution < -0.4 is 4.72 Å². The number of aliphatic hydroxyl groups excluding tert-OH is 1. The average molecular weight is 370 g/mol.